The summed E-state index contributed by atoms with van der Waals surface area (Å²) in [4.78, 5) is 19.4. The maximum Gasteiger partial charge on any atom is 0.267 e. The van der Waals surface area contributed by atoms with Crippen LogP contribution in [0.4, 0.5) is 0 Å². The molecule has 0 aliphatic carbocycles. The molecule has 1 unspecified atom stereocenters. The summed E-state index contributed by atoms with van der Waals surface area (Å²) in [5.74, 6) is 0.0387. The second kappa shape index (κ2) is 6.72. The molecule has 0 aromatic heterocycles. The van der Waals surface area contributed by atoms with Crippen molar-refractivity contribution in [2.75, 3.05) is 26.3 Å². The Morgan fingerprint density at radius 3 is 2.71 bits per heavy atom. The molecule has 2 aliphatic heterocycles. The van der Waals surface area contributed by atoms with E-state index in [0.717, 1.165) is 18.6 Å². The van der Waals surface area contributed by atoms with Gasteiger partial charge in [0.05, 0.1) is 18.9 Å². The molecule has 2 aliphatic rings. The van der Waals surface area contributed by atoms with Gasteiger partial charge in [0.2, 0.25) is 6.10 Å². The number of oxime groups is 1. The molecule has 1 amide bonds. The van der Waals surface area contributed by atoms with Gasteiger partial charge in [-0.1, -0.05) is 35.5 Å². The summed E-state index contributed by atoms with van der Waals surface area (Å²) >= 11 is 0. The van der Waals surface area contributed by atoms with E-state index in [1.54, 1.807) is 0 Å². The van der Waals surface area contributed by atoms with Gasteiger partial charge in [0.25, 0.3) is 5.91 Å². The smallest absolute Gasteiger partial charge is 0.267 e. The fourth-order valence-electron chi connectivity index (χ4n) is 2.63. The Balaban J connectivity index is 1.47. The van der Waals surface area contributed by atoms with Crippen LogP contribution in [0.5, 0.6) is 0 Å². The molecule has 112 valence electrons. The van der Waals surface area contributed by atoms with Crippen LogP contribution >= 0.6 is 0 Å². The summed E-state index contributed by atoms with van der Waals surface area (Å²) in [5.41, 5.74) is 2.26. The number of nitrogens with zero attached hydrogens (tertiary/aromatic N) is 2. The van der Waals surface area contributed by atoms with Gasteiger partial charge in [-0.05, 0) is 18.4 Å². The quantitative estimate of drug-likeness (QED) is 0.846. The number of rotatable bonds is 4. The molecule has 1 fully saturated rings. The van der Waals surface area contributed by atoms with Crippen LogP contribution < -0.4 is 0 Å². The second-order valence-electron chi connectivity index (χ2n) is 5.38. The summed E-state index contributed by atoms with van der Waals surface area (Å²) in [6.45, 7) is 2.52. The third-order valence-electron chi connectivity index (χ3n) is 3.87. The lowest BCUT2D eigenvalue weighted by molar-refractivity contribution is -0.146. The number of ether oxygens (including phenoxy) is 1. The minimum absolute atomic E-state index is 0.0387. The van der Waals surface area contributed by atoms with Crippen molar-refractivity contribution in [3.8, 4) is 0 Å². The average Bonchev–Trinajstić information content (AvgIpc) is 3.03. The van der Waals surface area contributed by atoms with Gasteiger partial charge in [-0.3, -0.25) is 4.79 Å². The van der Waals surface area contributed by atoms with Gasteiger partial charge in [-0.15, -0.1) is 0 Å². The maximum atomic E-state index is 12.3. The zero-order valence-electron chi connectivity index (χ0n) is 12.0. The molecule has 1 atom stereocenters. The standard InChI is InChI=1S/C16H20N2O3/c19-16(18-8-10-20-11-9-18)15-12-14(17-21-15)7-6-13-4-2-1-3-5-13/h1-5,15H,6-12H2. The number of morpholine rings is 1. The Bertz CT molecular complexity index is 510. The zero-order chi connectivity index (χ0) is 14.5. The fourth-order valence-corrected chi connectivity index (χ4v) is 2.63. The highest BCUT2D eigenvalue weighted by Gasteiger charge is 2.32. The minimum atomic E-state index is -0.436. The number of benzene rings is 1. The molecule has 0 N–H and O–H groups in total. The van der Waals surface area contributed by atoms with Crippen LogP contribution in [0.3, 0.4) is 0 Å². The van der Waals surface area contributed by atoms with Crippen molar-refractivity contribution in [3.05, 3.63) is 35.9 Å². The van der Waals surface area contributed by atoms with Crippen LogP contribution in [0.2, 0.25) is 0 Å². The van der Waals surface area contributed by atoms with Crippen LogP contribution in [0.15, 0.2) is 35.5 Å². The molecule has 1 saturated heterocycles. The first kappa shape index (κ1) is 14.1. The van der Waals surface area contributed by atoms with E-state index in [-0.39, 0.29) is 5.91 Å². The lowest BCUT2D eigenvalue weighted by Gasteiger charge is -2.28. The lowest BCUT2D eigenvalue weighted by atomic mass is 10.0. The first-order valence-electron chi connectivity index (χ1n) is 7.45. The van der Waals surface area contributed by atoms with Crippen molar-refractivity contribution in [1.82, 2.24) is 4.90 Å². The van der Waals surface area contributed by atoms with Gasteiger partial charge in [-0.2, -0.15) is 0 Å². The van der Waals surface area contributed by atoms with Crippen molar-refractivity contribution < 1.29 is 14.4 Å². The second-order valence-corrected chi connectivity index (χ2v) is 5.38. The summed E-state index contributed by atoms with van der Waals surface area (Å²) < 4.78 is 5.26. The number of amides is 1. The van der Waals surface area contributed by atoms with Gasteiger partial charge >= 0.3 is 0 Å². The molecule has 1 aromatic rings. The van der Waals surface area contributed by atoms with Gasteiger partial charge < -0.3 is 14.5 Å². The monoisotopic (exact) mass is 288 g/mol. The Morgan fingerprint density at radius 2 is 1.95 bits per heavy atom. The van der Waals surface area contributed by atoms with Crippen molar-refractivity contribution in [1.29, 1.82) is 0 Å². The van der Waals surface area contributed by atoms with Crippen LogP contribution in [0, 0.1) is 0 Å². The van der Waals surface area contributed by atoms with E-state index in [9.17, 15) is 4.79 Å². The van der Waals surface area contributed by atoms with Gasteiger partial charge in [-0.25, -0.2) is 0 Å². The molecule has 0 saturated carbocycles. The van der Waals surface area contributed by atoms with E-state index in [1.165, 1.54) is 5.56 Å². The molecule has 0 radical (unpaired) electrons. The number of carbonyl (C=O) groups excluding carboxylic acids is 1. The van der Waals surface area contributed by atoms with Crippen molar-refractivity contribution in [3.63, 3.8) is 0 Å². The van der Waals surface area contributed by atoms with Crippen molar-refractivity contribution in [2.24, 2.45) is 5.16 Å². The summed E-state index contributed by atoms with van der Waals surface area (Å²) in [6.07, 6.45) is 1.95. The van der Waals surface area contributed by atoms with E-state index >= 15 is 0 Å². The van der Waals surface area contributed by atoms with E-state index in [4.69, 9.17) is 9.57 Å². The summed E-state index contributed by atoms with van der Waals surface area (Å²) in [7, 11) is 0. The Hall–Kier alpha value is -1.88. The molecule has 1 aromatic carbocycles. The summed E-state index contributed by atoms with van der Waals surface area (Å²) in [5, 5.41) is 4.09. The topological polar surface area (TPSA) is 51.1 Å². The first-order chi connectivity index (χ1) is 10.3. The van der Waals surface area contributed by atoms with E-state index in [0.29, 0.717) is 32.7 Å². The van der Waals surface area contributed by atoms with Crippen molar-refractivity contribution >= 4 is 11.6 Å². The highest BCUT2D eigenvalue weighted by Crippen LogP contribution is 2.17. The Kier molecular flexibility index (Phi) is 4.50. The van der Waals surface area contributed by atoms with E-state index in [1.807, 2.05) is 23.1 Å². The maximum absolute atomic E-state index is 12.3. The Morgan fingerprint density at radius 1 is 1.19 bits per heavy atom. The third kappa shape index (κ3) is 3.61. The highest BCUT2D eigenvalue weighted by molar-refractivity contribution is 5.93. The average molecular weight is 288 g/mol. The molecule has 3 rings (SSSR count). The van der Waals surface area contributed by atoms with E-state index < -0.39 is 6.10 Å². The van der Waals surface area contributed by atoms with Crippen LogP contribution in [0.1, 0.15) is 18.4 Å². The Labute approximate surface area is 124 Å². The number of hydrogen-bond donors (Lipinski definition) is 0. The molecule has 2 heterocycles. The van der Waals surface area contributed by atoms with Crippen LogP contribution in [0.25, 0.3) is 0 Å². The molecule has 0 bridgehead atoms. The highest BCUT2D eigenvalue weighted by atomic mass is 16.6. The van der Waals surface area contributed by atoms with Gasteiger partial charge in [0, 0.05) is 19.5 Å². The largest absolute Gasteiger partial charge is 0.382 e. The molecule has 0 spiro atoms. The first-order valence-corrected chi connectivity index (χ1v) is 7.45. The molecule has 21 heavy (non-hydrogen) atoms. The fraction of sp³-hybridized carbons (Fsp3) is 0.500. The predicted molar refractivity (Wildman–Crippen MR) is 79.1 cm³/mol. The SMILES string of the molecule is O=C(C1CC(CCc2ccccc2)=NO1)N1CCOCC1. The minimum Gasteiger partial charge on any atom is -0.382 e. The van der Waals surface area contributed by atoms with Crippen LogP contribution in [-0.4, -0.2) is 48.9 Å². The molecule has 5 heteroatoms. The van der Waals surface area contributed by atoms with E-state index in [2.05, 4.69) is 17.3 Å². The molecular weight excluding hydrogens is 268 g/mol. The predicted octanol–water partition coefficient (Wildman–Crippen LogP) is 1.62. The number of hydrogen-bond acceptors (Lipinski definition) is 4. The normalized spacial score (nSPS) is 21.8. The van der Waals surface area contributed by atoms with Gasteiger partial charge in [0.15, 0.2) is 0 Å². The zero-order valence-corrected chi connectivity index (χ0v) is 12.0. The molecule has 5 nitrogen and oxygen atoms in total. The van der Waals surface area contributed by atoms with Crippen LogP contribution in [-0.2, 0) is 20.8 Å². The van der Waals surface area contributed by atoms with Crippen molar-refractivity contribution in [2.45, 2.75) is 25.4 Å². The summed E-state index contributed by atoms with van der Waals surface area (Å²) in [6, 6.07) is 10.3. The lowest BCUT2D eigenvalue weighted by Crippen LogP contribution is -2.45. The number of carbonyl (C=O) groups is 1. The van der Waals surface area contributed by atoms with Gasteiger partial charge in [0.1, 0.15) is 0 Å². The number of aryl methyl sites for hydroxylation is 1. The molecular formula is C16H20N2O3. The third-order valence-corrected chi connectivity index (χ3v) is 3.87.